The number of aliphatic hydroxyl groups excluding tert-OH is 1. The van der Waals surface area contributed by atoms with E-state index in [9.17, 15) is 8.42 Å². The predicted molar refractivity (Wildman–Crippen MR) is 81.5 cm³/mol. The number of aliphatic hydroxyl groups is 1. The maximum Gasteiger partial charge on any atom is 0.252 e. The van der Waals surface area contributed by atoms with Gasteiger partial charge in [0.1, 0.15) is 4.21 Å². The molecule has 0 unspecified atom stereocenters. The molecular formula is C14H23NO3S2. The van der Waals surface area contributed by atoms with Gasteiger partial charge < -0.3 is 5.11 Å². The second-order valence-corrected chi connectivity index (χ2v) is 8.48. The van der Waals surface area contributed by atoms with Crippen molar-refractivity contribution in [1.82, 2.24) is 4.31 Å². The molecule has 1 aliphatic rings. The number of rotatable bonds is 6. The highest BCUT2D eigenvalue weighted by atomic mass is 32.2. The third-order valence-corrected chi connectivity index (χ3v) is 7.49. The van der Waals surface area contributed by atoms with Gasteiger partial charge in [-0.25, -0.2) is 8.42 Å². The first-order chi connectivity index (χ1) is 9.59. The van der Waals surface area contributed by atoms with Crippen molar-refractivity contribution < 1.29 is 13.5 Å². The van der Waals surface area contributed by atoms with Crippen molar-refractivity contribution in [3.63, 3.8) is 0 Å². The predicted octanol–water partition coefficient (Wildman–Crippen LogP) is 2.63. The lowest BCUT2D eigenvalue weighted by Gasteiger charge is -2.32. The van der Waals surface area contributed by atoms with Crippen LogP contribution < -0.4 is 0 Å². The Kier molecular flexibility index (Phi) is 5.60. The average Bonchev–Trinajstić information content (AvgIpc) is 2.90. The van der Waals surface area contributed by atoms with Crippen LogP contribution in [0.4, 0.5) is 0 Å². The van der Waals surface area contributed by atoms with Crippen LogP contribution in [0.5, 0.6) is 0 Å². The summed E-state index contributed by atoms with van der Waals surface area (Å²) in [4.78, 5) is 0.922. The maximum absolute atomic E-state index is 12.8. The summed E-state index contributed by atoms with van der Waals surface area (Å²) in [6.07, 6.45) is 5.93. The van der Waals surface area contributed by atoms with Crippen LogP contribution in [0.15, 0.2) is 16.3 Å². The topological polar surface area (TPSA) is 57.6 Å². The Morgan fingerprint density at radius 1 is 1.30 bits per heavy atom. The van der Waals surface area contributed by atoms with E-state index in [4.69, 9.17) is 5.11 Å². The minimum atomic E-state index is -3.38. The molecule has 1 N–H and O–H groups in total. The van der Waals surface area contributed by atoms with Crippen molar-refractivity contribution in [2.75, 3.05) is 13.2 Å². The van der Waals surface area contributed by atoms with Crippen LogP contribution in [0.3, 0.4) is 0 Å². The molecule has 6 heteroatoms. The number of hydrogen-bond donors (Lipinski definition) is 1. The van der Waals surface area contributed by atoms with Gasteiger partial charge in [-0.15, -0.1) is 11.3 Å². The summed E-state index contributed by atoms with van der Waals surface area (Å²) < 4.78 is 27.6. The first kappa shape index (κ1) is 15.9. The highest BCUT2D eigenvalue weighted by Crippen LogP contribution is 2.30. The summed E-state index contributed by atoms with van der Waals surface area (Å²) in [6, 6.07) is 3.64. The normalized spacial score (nSPS) is 17.8. The maximum atomic E-state index is 12.8. The fraction of sp³-hybridized carbons (Fsp3) is 0.714. The van der Waals surface area contributed by atoms with Gasteiger partial charge in [-0.1, -0.05) is 26.2 Å². The molecular weight excluding hydrogens is 294 g/mol. The van der Waals surface area contributed by atoms with Crippen molar-refractivity contribution in [2.24, 2.45) is 0 Å². The quantitative estimate of drug-likeness (QED) is 0.877. The van der Waals surface area contributed by atoms with Gasteiger partial charge in [0, 0.05) is 30.5 Å². The van der Waals surface area contributed by atoms with Gasteiger partial charge in [-0.3, -0.25) is 0 Å². The number of nitrogens with zero attached hydrogens (tertiary/aromatic N) is 1. The molecule has 0 atom stereocenters. The Morgan fingerprint density at radius 3 is 2.60 bits per heavy atom. The fourth-order valence-corrected chi connectivity index (χ4v) is 6.02. The van der Waals surface area contributed by atoms with E-state index in [0.717, 1.165) is 30.6 Å². The van der Waals surface area contributed by atoms with E-state index in [2.05, 4.69) is 0 Å². The van der Waals surface area contributed by atoms with Gasteiger partial charge in [-0.05, 0) is 25.0 Å². The molecule has 0 aromatic carbocycles. The lowest BCUT2D eigenvalue weighted by molar-refractivity contribution is 0.261. The highest BCUT2D eigenvalue weighted by Gasteiger charge is 2.31. The van der Waals surface area contributed by atoms with E-state index >= 15 is 0 Å². The van der Waals surface area contributed by atoms with Gasteiger partial charge >= 0.3 is 0 Å². The molecule has 2 rings (SSSR count). The van der Waals surface area contributed by atoms with E-state index in [-0.39, 0.29) is 12.6 Å². The van der Waals surface area contributed by atoms with Gasteiger partial charge in [-0.2, -0.15) is 4.31 Å². The molecule has 0 bridgehead atoms. The molecule has 1 fully saturated rings. The summed E-state index contributed by atoms with van der Waals surface area (Å²) >= 11 is 1.28. The molecule has 0 aliphatic heterocycles. The summed E-state index contributed by atoms with van der Waals surface area (Å²) in [7, 11) is -3.38. The zero-order valence-electron chi connectivity index (χ0n) is 11.9. The molecule has 1 saturated carbocycles. The number of thiophene rings is 1. The zero-order chi connectivity index (χ0) is 14.6. The summed E-state index contributed by atoms with van der Waals surface area (Å²) in [5.74, 6) is 0. The molecule has 4 nitrogen and oxygen atoms in total. The van der Waals surface area contributed by atoms with E-state index in [1.807, 2.05) is 13.0 Å². The second-order valence-electron chi connectivity index (χ2n) is 5.19. The van der Waals surface area contributed by atoms with E-state index < -0.39 is 10.0 Å². The summed E-state index contributed by atoms with van der Waals surface area (Å²) in [6.45, 7) is 2.49. The molecule has 20 heavy (non-hydrogen) atoms. The molecule has 114 valence electrons. The minimum absolute atomic E-state index is 0.0557. The van der Waals surface area contributed by atoms with E-state index in [0.29, 0.717) is 17.2 Å². The molecule has 1 aromatic rings. The van der Waals surface area contributed by atoms with Crippen molar-refractivity contribution in [2.45, 2.75) is 55.7 Å². The first-order valence-corrected chi connectivity index (χ1v) is 9.56. The van der Waals surface area contributed by atoms with Crippen molar-refractivity contribution in [3.8, 4) is 0 Å². The highest BCUT2D eigenvalue weighted by molar-refractivity contribution is 7.91. The average molecular weight is 317 g/mol. The zero-order valence-corrected chi connectivity index (χ0v) is 13.5. The molecule has 0 saturated heterocycles. The monoisotopic (exact) mass is 317 g/mol. The summed E-state index contributed by atoms with van der Waals surface area (Å²) in [5, 5.41) is 8.94. The summed E-state index contributed by atoms with van der Waals surface area (Å²) in [5.41, 5.74) is 0. The van der Waals surface area contributed by atoms with Crippen LogP contribution >= 0.6 is 11.3 Å². The standard InChI is InChI=1S/C14H23NO3S2/c1-2-15(12-6-4-3-5-7-12)20(17,18)14-9-8-13(19-14)10-11-16/h8-9,12,16H,2-7,10-11H2,1H3. The first-order valence-electron chi connectivity index (χ1n) is 7.31. The second kappa shape index (κ2) is 7.02. The van der Waals surface area contributed by atoms with Gasteiger partial charge in [0.25, 0.3) is 10.0 Å². The van der Waals surface area contributed by atoms with E-state index in [1.54, 1.807) is 10.4 Å². The van der Waals surface area contributed by atoms with Crippen LogP contribution in [0.1, 0.15) is 43.9 Å². The number of hydrogen-bond acceptors (Lipinski definition) is 4. The van der Waals surface area contributed by atoms with Gasteiger partial charge in [0.05, 0.1) is 0 Å². The van der Waals surface area contributed by atoms with Crippen LogP contribution in [-0.2, 0) is 16.4 Å². The smallest absolute Gasteiger partial charge is 0.252 e. The van der Waals surface area contributed by atoms with Crippen LogP contribution in [0.2, 0.25) is 0 Å². The fourth-order valence-electron chi connectivity index (χ4n) is 2.85. The van der Waals surface area contributed by atoms with Crippen molar-refractivity contribution >= 4 is 21.4 Å². The van der Waals surface area contributed by atoms with E-state index in [1.165, 1.54) is 17.8 Å². The van der Waals surface area contributed by atoms with Crippen LogP contribution in [0, 0.1) is 0 Å². The molecule has 0 amide bonds. The molecule has 1 aromatic heterocycles. The lowest BCUT2D eigenvalue weighted by atomic mass is 9.95. The largest absolute Gasteiger partial charge is 0.396 e. The molecule has 1 aliphatic carbocycles. The Hall–Kier alpha value is -0.430. The Labute approximate surface area is 125 Å². The van der Waals surface area contributed by atoms with Crippen molar-refractivity contribution in [1.29, 1.82) is 0 Å². The minimum Gasteiger partial charge on any atom is -0.396 e. The molecule has 0 radical (unpaired) electrons. The number of sulfonamides is 1. The third-order valence-electron chi connectivity index (χ3n) is 3.85. The van der Waals surface area contributed by atoms with Gasteiger partial charge in [0.15, 0.2) is 0 Å². The molecule has 1 heterocycles. The third kappa shape index (κ3) is 3.42. The van der Waals surface area contributed by atoms with Crippen LogP contribution in [0.25, 0.3) is 0 Å². The van der Waals surface area contributed by atoms with Gasteiger partial charge in [0.2, 0.25) is 0 Å². The Morgan fingerprint density at radius 2 is 2.00 bits per heavy atom. The SMILES string of the molecule is CCN(C1CCCCC1)S(=O)(=O)c1ccc(CCO)s1. The Bertz CT molecular complexity index is 518. The van der Waals surface area contributed by atoms with Crippen LogP contribution in [-0.4, -0.2) is 37.0 Å². The Balaban J connectivity index is 2.21. The lowest BCUT2D eigenvalue weighted by Crippen LogP contribution is -2.40. The molecule has 0 spiro atoms. The van der Waals surface area contributed by atoms with Crippen molar-refractivity contribution in [3.05, 3.63) is 17.0 Å².